The Balaban J connectivity index is 1.86. The normalized spacial score (nSPS) is 29.4. The molecule has 0 aliphatic carbocycles. The van der Waals surface area contributed by atoms with Gasteiger partial charge in [-0.15, -0.1) is 0 Å². The van der Waals surface area contributed by atoms with Crippen molar-refractivity contribution in [3.05, 3.63) is 35.1 Å². The molecule has 21 heavy (non-hydrogen) atoms. The molecule has 1 aromatic rings. The molecule has 3 rings (SSSR count). The van der Waals surface area contributed by atoms with E-state index in [0.717, 1.165) is 19.3 Å². The number of nitrogens with zero attached hydrogens (tertiary/aromatic N) is 1. The summed E-state index contributed by atoms with van der Waals surface area (Å²) in [5.74, 6) is -4.08. The third-order valence-corrected chi connectivity index (χ3v) is 4.96. The molecule has 2 bridgehead atoms. The number of Topliss-reactive ketones (excluding diaryl/α,β-unsaturated/α-hetero) is 1. The Labute approximate surface area is 121 Å². The van der Waals surface area contributed by atoms with Crippen LogP contribution in [0.2, 0.25) is 0 Å². The summed E-state index contributed by atoms with van der Waals surface area (Å²) in [6.07, 6.45) is 4.43. The summed E-state index contributed by atoms with van der Waals surface area (Å²) in [5.41, 5.74) is -0.580. The van der Waals surface area contributed by atoms with Gasteiger partial charge in [0.25, 0.3) is 0 Å². The van der Waals surface area contributed by atoms with Gasteiger partial charge in [-0.2, -0.15) is 0 Å². The Bertz CT molecular complexity index is 538. The quantitative estimate of drug-likeness (QED) is 0.778. The van der Waals surface area contributed by atoms with E-state index in [1.807, 2.05) is 7.05 Å². The van der Waals surface area contributed by atoms with Gasteiger partial charge in [0.1, 0.15) is 17.5 Å². The maximum Gasteiger partial charge on any atom is 0.171 e. The molecule has 2 atom stereocenters. The Kier molecular flexibility index (Phi) is 3.78. The van der Waals surface area contributed by atoms with E-state index >= 15 is 0 Å². The van der Waals surface area contributed by atoms with Gasteiger partial charge in [0, 0.05) is 30.1 Å². The van der Waals surface area contributed by atoms with Crippen molar-refractivity contribution >= 4 is 5.78 Å². The average Bonchev–Trinajstić information content (AvgIpc) is 2.36. The van der Waals surface area contributed by atoms with Gasteiger partial charge in [0.2, 0.25) is 0 Å². The summed E-state index contributed by atoms with van der Waals surface area (Å²) >= 11 is 0. The predicted octanol–water partition coefficient (Wildman–Crippen LogP) is 3.55. The molecule has 0 N–H and O–H groups in total. The zero-order chi connectivity index (χ0) is 15.1. The molecule has 0 radical (unpaired) electrons. The van der Waals surface area contributed by atoms with Crippen molar-refractivity contribution in [2.24, 2.45) is 5.92 Å². The summed E-state index contributed by atoms with van der Waals surface area (Å²) < 4.78 is 40.5. The van der Waals surface area contributed by atoms with Gasteiger partial charge in [-0.1, -0.05) is 6.42 Å². The number of rotatable bonds is 2. The van der Waals surface area contributed by atoms with E-state index in [0.29, 0.717) is 37.1 Å². The summed E-state index contributed by atoms with van der Waals surface area (Å²) in [7, 11) is 2.05. The number of hydrogen-bond acceptors (Lipinski definition) is 2. The molecular formula is C16H18F3NO. The molecular weight excluding hydrogens is 279 g/mol. The van der Waals surface area contributed by atoms with Crippen molar-refractivity contribution in [1.29, 1.82) is 0 Å². The highest BCUT2D eigenvalue weighted by Gasteiger charge is 2.40. The molecule has 2 heterocycles. The topological polar surface area (TPSA) is 20.3 Å². The van der Waals surface area contributed by atoms with Crippen LogP contribution in [0.3, 0.4) is 0 Å². The van der Waals surface area contributed by atoms with E-state index in [1.54, 1.807) is 0 Å². The zero-order valence-corrected chi connectivity index (χ0v) is 11.9. The first-order chi connectivity index (χ1) is 9.97. The molecule has 1 aromatic carbocycles. The van der Waals surface area contributed by atoms with Gasteiger partial charge < -0.3 is 4.90 Å². The van der Waals surface area contributed by atoms with Crippen molar-refractivity contribution < 1.29 is 18.0 Å². The molecule has 114 valence electrons. The van der Waals surface area contributed by atoms with E-state index in [4.69, 9.17) is 0 Å². The van der Waals surface area contributed by atoms with Crippen molar-refractivity contribution in [2.45, 2.75) is 44.2 Å². The second-order valence-electron chi connectivity index (χ2n) is 6.18. The van der Waals surface area contributed by atoms with Gasteiger partial charge in [-0.05, 0) is 32.7 Å². The molecule has 2 saturated heterocycles. The van der Waals surface area contributed by atoms with Gasteiger partial charge in [-0.25, -0.2) is 13.2 Å². The molecule has 0 saturated carbocycles. The van der Waals surface area contributed by atoms with Crippen LogP contribution in [-0.4, -0.2) is 29.8 Å². The second-order valence-corrected chi connectivity index (χ2v) is 6.18. The summed E-state index contributed by atoms with van der Waals surface area (Å²) in [6, 6.07) is 1.76. The number of benzene rings is 1. The Morgan fingerprint density at radius 2 is 1.62 bits per heavy atom. The number of hydrogen-bond donors (Lipinski definition) is 0. The zero-order valence-electron chi connectivity index (χ0n) is 11.9. The molecule has 0 spiro atoms. The maximum atomic E-state index is 13.8. The number of fused-ring (bicyclic) bond motifs is 2. The van der Waals surface area contributed by atoms with Crippen LogP contribution >= 0.6 is 0 Å². The molecule has 2 nitrogen and oxygen atoms in total. The van der Waals surface area contributed by atoms with Crippen molar-refractivity contribution in [1.82, 2.24) is 4.90 Å². The lowest BCUT2D eigenvalue weighted by molar-refractivity contribution is 0.0335. The highest BCUT2D eigenvalue weighted by atomic mass is 19.1. The lowest BCUT2D eigenvalue weighted by atomic mass is 9.76. The van der Waals surface area contributed by atoms with Gasteiger partial charge in [0.05, 0.1) is 5.56 Å². The highest BCUT2D eigenvalue weighted by Crippen LogP contribution is 2.37. The first-order valence-corrected chi connectivity index (χ1v) is 7.38. The molecule has 2 aliphatic rings. The number of carbonyl (C=O) groups is 1. The van der Waals surface area contributed by atoms with Gasteiger partial charge in [-0.3, -0.25) is 4.79 Å². The second kappa shape index (κ2) is 5.44. The number of piperidine rings is 2. The smallest absolute Gasteiger partial charge is 0.171 e. The van der Waals surface area contributed by atoms with Crippen LogP contribution in [0.15, 0.2) is 12.1 Å². The number of ketones is 1. The van der Waals surface area contributed by atoms with E-state index < -0.39 is 28.8 Å². The van der Waals surface area contributed by atoms with E-state index in [-0.39, 0.29) is 5.92 Å². The summed E-state index contributed by atoms with van der Waals surface area (Å²) in [5, 5.41) is 0. The average molecular weight is 297 g/mol. The van der Waals surface area contributed by atoms with Crippen LogP contribution < -0.4 is 0 Å². The molecule has 0 amide bonds. The first-order valence-electron chi connectivity index (χ1n) is 7.38. The van der Waals surface area contributed by atoms with Crippen molar-refractivity contribution in [2.75, 3.05) is 7.05 Å². The monoisotopic (exact) mass is 297 g/mol. The lowest BCUT2D eigenvalue weighted by Gasteiger charge is -2.46. The van der Waals surface area contributed by atoms with Crippen LogP contribution in [-0.2, 0) is 0 Å². The summed E-state index contributed by atoms with van der Waals surface area (Å²) in [6.45, 7) is 0. The maximum absolute atomic E-state index is 13.8. The van der Waals surface area contributed by atoms with Crippen LogP contribution in [0.1, 0.15) is 42.5 Å². The third kappa shape index (κ3) is 2.59. The Morgan fingerprint density at radius 1 is 1.10 bits per heavy atom. The van der Waals surface area contributed by atoms with Crippen LogP contribution in [0.25, 0.3) is 0 Å². The fourth-order valence-corrected chi connectivity index (χ4v) is 3.81. The summed E-state index contributed by atoms with van der Waals surface area (Å²) in [4.78, 5) is 14.8. The third-order valence-electron chi connectivity index (χ3n) is 4.96. The molecule has 2 fully saturated rings. The predicted molar refractivity (Wildman–Crippen MR) is 72.6 cm³/mol. The van der Waals surface area contributed by atoms with Gasteiger partial charge in [0.15, 0.2) is 5.78 Å². The first kappa shape index (κ1) is 14.6. The lowest BCUT2D eigenvalue weighted by Crippen LogP contribution is -2.51. The van der Waals surface area contributed by atoms with E-state index in [9.17, 15) is 18.0 Å². The SMILES string of the molecule is CN1C2CCCC1CC(C(=O)c1c(F)cc(F)cc1F)C2. The fraction of sp³-hybridized carbons (Fsp3) is 0.562. The molecule has 5 heteroatoms. The van der Waals surface area contributed by atoms with Crippen molar-refractivity contribution in [3.63, 3.8) is 0 Å². The minimum Gasteiger partial charge on any atom is -0.300 e. The highest BCUT2D eigenvalue weighted by molar-refractivity contribution is 5.98. The van der Waals surface area contributed by atoms with Crippen LogP contribution in [0.4, 0.5) is 13.2 Å². The number of halogens is 3. The Morgan fingerprint density at radius 3 is 2.14 bits per heavy atom. The van der Waals surface area contributed by atoms with Crippen LogP contribution in [0.5, 0.6) is 0 Å². The van der Waals surface area contributed by atoms with Crippen molar-refractivity contribution in [3.8, 4) is 0 Å². The standard InChI is InChI=1S/C16H18F3NO/c1-20-11-3-2-4-12(20)6-9(5-11)16(21)15-13(18)7-10(17)8-14(15)19/h7-9,11-12H,2-6H2,1H3. The van der Waals surface area contributed by atoms with Gasteiger partial charge >= 0.3 is 0 Å². The number of carbonyl (C=O) groups excluding carboxylic acids is 1. The molecule has 0 aromatic heterocycles. The minimum atomic E-state index is -1.10. The molecule has 2 unspecified atom stereocenters. The largest absolute Gasteiger partial charge is 0.300 e. The fourth-order valence-electron chi connectivity index (χ4n) is 3.81. The van der Waals surface area contributed by atoms with Crippen LogP contribution in [0, 0.1) is 23.4 Å². The minimum absolute atomic E-state index is 0.304. The van der Waals surface area contributed by atoms with E-state index in [1.165, 1.54) is 0 Å². The molecule has 2 aliphatic heterocycles. The van der Waals surface area contributed by atoms with E-state index in [2.05, 4.69) is 4.90 Å². The Hall–Kier alpha value is -1.36.